The number of nitro benzene ring substituents is 1. The Hall–Kier alpha value is -1.97. The lowest BCUT2D eigenvalue weighted by molar-refractivity contribution is -0.387. The van der Waals surface area contributed by atoms with Gasteiger partial charge in [-0.3, -0.25) is 10.1 Å². The van der Waals surface area contributed by atoms with Crippen molar-refractivity contribution in [1.29, 1.82) is 0 Å². The van der Waals surface area contributed by atoms with Crippen molar-refractivity contribution in [1.82, 2.24) is 4.72 Å². The third-order valence-electron chi connectivity index (χ3n) is 2.86. The fourth-order valence-corrected chi connectivity index (χ4v) is 3.86. The quantitative estimate of drug-likeness (QED) is 0.495. The Morgan fingerprint density at radius 3 is 2.67 bits per heavy atom. The van der Waals surface area contributed by atoms with Gasteiger partial charge in [-0.2, -0.15) is 0 Å². The summed E-state index contributed by atoms with van der Waals surface area (Å²) in [6.07, 6.45) is 0. The maximum atomic E-state index is 12.2. The van der Waals surface area contributed by atoms with Crippen LogP contribution in [0.4, 0.5) is 11.4 Å². The summed E-state index contributed by atoms with van der Waals surface area (Å²) in [4.78, 5) is 10.6. The van der Waals surface area contributed by atoms with Crippen molar-refractivity contribution < 1.29 is 13.3 Å². The largest absolute Gasteiger partial charge is 0.399 e. The van der Waals surface area contributed by atoms with Gasteiger partial charge in [0.15, 0.2) is 4.90 Å². The predicted octanol–water partition coefficient (Wildman–Crippen LogP) is 2.03. The fourth-order valence-electron chi connectivity index (χ4n) is 1.72. The number of aryl methyl sites for hydroxylation is 1. The van der Waals surface area contributed by atoms with Crippen LogP contribution < -0.4 is 10.5 Å². The number of nitro groups is 1. The van der Waals surface area contributed by atoms with E-state index in [4.69, 9.17) is 5.73 Å². The number of hydrogen-bond donors (Lipinski definition) is 2. The van der Waals surface area contributed by atoms with E-state index in [9.17, 15) is 18.5 Å². The lowest BCUT2D eigenvalue weighted by Crippen LogP contribution is -2.24. The lowest BCUT2D eigenvalue weighted by atomic mass is 10.3. The summed E-state index contributed by atoms with van der Waals surface area (Å²) < 4.78 is 26.9. The smallest absolute Gasteiger partial charge is 0.289 e. The highest BCUT2D eigenvalue weighted by molar-refractivity contribution is 7.89. The Bertz CT molecular complexity index is 784. The van der Waals surface area contributed by atoms with Gasteiger partial charge in [-0.25, -0.2) is 13.1 Å². The molecule has 1 aromatic heterocycles. The summed E-state index contributed by atoms with van der Waals surface area (Å²) >= 11 is 1.41. The van der Waals surface area contributed by atoms with Crippen LogP contribution in [0.1, 0.15) is 10.4 Å². The molecule has 1 aromatic carbocycles. The summed E-state index contributed by atoms with van der Waals surface area (Å²) in [6, 6.07) is 5.33. The molecule has 0 spiro atoms. The molecule has 7 nitrogen and oxygen atoms in total. The van der Waals surface area contributed by atoms with Crippen molar-refractivity contribution in [3.8, 4) is 0 Å². The van der Waals surface area contributed by atoms with E-state index in [1.54, 1.807) is 0 Å². The second-order valence-electron chi connectivity index (χ2n) is 4.34. The van der Waals surface area contributed by atoms with E-state index in [-0.39, 0.29) is 12.2 Å². The van der Waals surface area contributed by atoms with Gasteiger partial charge in [-0.1, -0.05) is 0 Å². The van der Waals surface area contributed by atoms with Crippen LogP contribution in [0.15, 0.2) is 34.5 Å². The number of nitrogens with zero attached hydrogens (tertiary/aromatic N) is 1. The third-order valence-corrected chi connectivity index (χ3v) is 5.31. The first-order valence-electron chi connectivity index (χ1n) is 5.88. The van der Waals surface area contributed by atoms with Crippen LogP contribution in [0, 0.1) is 17.0 Å². The fraction of sp³-hybridized carbons (Fsp3) is 0.167. The van der Waals surface area contributed by atoms with E-state index in [0.717, 1.165) is 22.6 Å². The van der Waals surface area contributed by atoms with Crippen molar-refractivity contribution in [3.63, 3.8) is 0 Å². The van der Waals surface area contributed by atoms with E-state index in [1.165, 1.54) is 17.4 Å². The Morgan fingerprint density at radius 2 is 2.10 bits per heavy atom. The van der Waals surface area contributed by atoms with E-state index in [0.29, 0.717) is 0 Å². The normalized spacial score (nSPS) is 11.5. The van der Waals surface area contributed by atoms with Crippen molar-refractivity contribution in [2.45, 2.75) is 18.4 Å². The molecule has 0 aliphatic rings. The molecule has 0 fully saturated rings. The van der Waals surface area contributed by atoms with E-state index in [2.05, 4.69) is 4.72 Å². The number of hydrogen-bond acceptors (Lipinski definition) is 6. The van der Waals surface area contributed by atoms with Crippen LogP contribution in [0.3, 0.4) is 0 Å². The number of rotatable bonds is 5. The second kappa shape index (κ2) is 5.80. The van der Waals surface area contributed by atoms with Gasteiger partial charge in [-0.15, -0.1) is 11.3 Å². The highest BCUT2D eigenvalue weighted by atomic mass is 32.2. The van der Waals surface area contributed by atoms with Crippen molar-refractivity contribution in [2.24, 2.45) is 0 Å². The minimum absolute atomic E-state index is 0.0811. The maximum absolute atomic E-state index is 12.2. The number of nitrogens with one attached hydrogen (secondary N) is 1. The van der Waals surface area contributed by atoms with Crippen molar-refractivity contribution in [2.75, 3.05) is 5.73 Å². The molecule has 1 heterocycles. The first-order chi connectivity index (χ1) is 9.81. The molecule has 9 heteroatoms. The molecule has 0 aliphatic carbocycles. The molecule has 0 bridgehead atoms. The summed E-state index contributed by atoms with van der Waals surface area (Å²) in [7, 11) is -4.02. The van der Waals surface area contributed by atoms with Crippen molar-refractivity contribution in [3.05, 3.63) is 50.2 Å². The SMILES string of the molecule is Cc1ccsc1CNS(=O)(=O)c1cc(N)ccc1[N+](=O)[O-]. The Labute approximate surface area is 125 Å². The molecular weight excluding hydrogens is 314 g/mol. The molecule has 0 aliphatic heterocycles. The first kappa shape index (κ1) is 15.4. The van der Waals surface area contributed by atoms with Gasteiger partial charge in [-0.05, 0) is 36.1 Å². The average Bonchev–Trinajstić information content (AvgIpc) is 2.81. The lowest BCUT2D eigenvalue weighted by Gasteiger charge is -2.08. The third kappa shape index (κ3) is 3.38. The minimum Gasteiger partial charge on any atom is -0.399 e. The van der Waals surface area contributed by atoms with Gasteiger partial charge in [0.25, 0.3) is 5.69 Å². The number of nitrogens with two attached hydrogens (primary N) is 1. The van der Waals surface area contributed by atoms with Crippen LogP contribution >= 0.6 is 11.3 Å². The molecule has 21 heavy (non-hydrogen) atoms. The number of thiophene rings is 1. The number of anilines is 1. The highest BCUT2D eigenvalue weighted by Crippen LogP contribution is 2.26. The molecule has 2 aromatic rings. The number of nitrogen functional groups attached to an aromatic ring is 1. The predicted molar refractivity (Wildman–Crippen MR) is 80.6 cm³/mol. The molecule has 0 atom stereocenters. The average molecular weight is 327 g/mol. The molecular formula is C12H13N3O4S2. The van der Waals surface area contributed by atoms with Gasteiger partial charge in [0.1, 0.15) is 0 Å². The molecule has 0 saturated carbocycles. The highest BCUT2D eigenvalue weighted by Gasteiger charge is 2.26. The van der Waals surface area contributed by atoms with Gasteiger partial charge in [0, 0.05) is 23.2 Å². The summed E-state index contributed by atoms with van der Waals surface area (Å²) in [5.74, 6) is 0. The standard InChI is InChI=1S/C12H13N3O4S2/c1-8-4-5-20-11(8)7-14-21(18,19)12-6-9(13)2-3-10(12)15(16)17/h2-6,14H,7,13H2,1H3. The van der Waals surface area contributed by atoms with Crippen LogP contribution in [-0.4, -0.2) is 13.3 Å². The molecule has 0 radical (unpaired) electrons. The Morgan fingerprint density at radius 1 is 1.38 bits per heavy atom. The van der Waals surface area contributed by atoms with Crippen molar-refractivity contribution >= 4 is 32.7 Å². The number of benzene rings is 1. The zero-order valence-electron chi connectivity index (χ0n) is 11.1. The molecule has 0 amide bonds. The van der Waals surface area contributed by atoms with Crippen LogP contribution in [0.5, 0.6) is 0 Å². The summed E-state index contributed by atoms with van der Waals surface area (Å²) in [6.45, 7) is 1.95. The zero-order chi connectivity index (χ0) is 15.6. The zero-order valence-corrected chi connectivity index (χ0v) is 12.7. The van der Waals surface area contributed by atoms with Gasteiger partial charge in [0.2, 0.25) is 10.0 Å². The van der Waals surface area contributed by atoms with E-state index < -0.39 is 25.5 Å². The van der Waals surface area contributed by atoms with Gasteiger partial charge < -0.3 is 5.73 Å². The minimum atomic E-state index is -4.02. The Kier molecular flexibility index (Phi) is 4.26. The molecule has 3 N–H and O–H groups in total. The van der Waals surface area contributed by atoms with E-state index in [1.807, 2.05) is 18.4 Å². The Balaban J connectivity index is 2.33. The summed E-state index contributed by atoms with van der Waals surface area (Å²) in [5.41, 5.74) is 6.14. The number of sulfonamides is 1. The molecule has 0 unspecified atom stereocenters. The van der Waals surface area contributed by atoms with Gasteiger partial charge >= 0.3 is 0 Å². The van der Waals surface area contributed by atoms with Gasteiger partial charge in [0.05, 0.1) is 4.92 Å². The molecule has 2 rings (SSSR count). The summed E-state index contributed by atoms with van der Waals surface area (Å²) in [5, 5.41) is 12.8. The molecule has 0 saturated heterocycles. The second-order valence-corrected chi connectivity index (χ2v) is 7.07. The molecule has 112 valence electrons. The monoisotopic (exact) mass is 327 g/mol. The maximum Gasteiger partial charge on any atom is 0.289 e. The topological polar surface area (TPSA) is 115 Å². The van der Waals surface area contributed by atoms with Crippen LogP contribution in [0.2, 0.25) is 0 Å². The van der Waals surface area contributed by atoms with Crippen LogP contribution in [0.25, 0.3) is 0 Å². The first-order valence-corrected chi connectivity index (χ1v) is 8.24. The van der Waals surface area contributed by atoms with E-state index >= 15 is 0 Å². The van der Waals surface area contributed by atoms with Crippen LogP contribution in [-0.2, 0) is 16.6 Å².